The Balaban J connectivity index is 1.58. The summed E-state index contributed by atoms with van der Waals surface area (Å²) in [6.45, 7) is 6.16. The molecule has 2 heterocycles. The van der Waals surface area contributed by atoms with E-state index in [-0.39, 0.29) is 5.91 Å². The molecule has 1 aromatic heterocycles. The second-order valence-electron chi connectivity index (χ2n) is 7.28. The number of halogens is 1. The van der Waals surface area contributed by atoms with E-state index >= 15 is 0 Å². The van der Waals surface area contributed by atoms with Crippen molar-refractivity contribution in [3.63, 3.8) is 0 Å². The number of aromatic nitrogens is 1. The monoisotopic (exact) mass is 394 g/mol. The molecule has 6 heteroatoms. The number of carbonyl (C=O) groups is 1. The highest BCUT2D eigenvalue weighted by Gasteiger charge is 2.16. The summed E-state index contributed by atoms with van der Waals surface area (Å²) in [6.07, 6.45) is 0. The standard InChI is InChI=1S/C22H23ClN4O/c1-15-12-21(27-10-8-26(2)9-11-27)25-20-7-6-18(14-19(15)20)24-22(28)16-4-3-5-17(23)13-16/h3-7,12-14H,8-11H2,1-2H3,(H,24,28). The van der Waals surface area contributed by atoms with Crippen LogP contribution in [0.1, 0.15) is 15.9 Å². The molecule has 4 rings (SSSR count). The van der Waals surface area contributed by atoms with Crippen LogP contribution in [0, 0.1) is 6.92 Å². The van der Waals surface area contributed by atoms with E-state index in [9.17, 15) is 4.79 Å². The van der Waals surface area contributed by atoms with Crippen molar-refractivity contribution in [2.24, 2.45) is 0 Å². The van der Waals surface area contributed by atoms with Gasteiger partial charge in [-0.2, -0.15) is 0 Å². The Morgan fingerprint density at radius 3 is 2.61 bits per heavy atom. The van der Waals surface area contributed by atoms with Crippen molar-refractivity contribution >= 4 is 39.9 Å². The molecular formula is C22H23ClN4O. The maximum Gasteiger partial charge on any atom is 0.255 e. The van der Waals surface area contributed by atoms with Crippen molar-refractivity contribution in [2.75, 3.05) is 43.4 Å². The van der Waals surface area contributed by atoms with Crippen LogP contribution in [0.25, 0.3) is 10.9 Å². The first kappa shape index (κ1) is 18.7. The lowest BCUT2D eigenvalue weighted by Gasteiger charge is -2.33. The fourth-order valence-corrected chi connectivity index (χ4v) is 3.68. The Labute approximate surface area is 169 Å². The minimum Gasteiger partial charge on any atom is -0.354 e. The molecule has 0 saturated carbocycles. The topological polar surface area (TPSA) is 48.5 Å². The SMILES string of the molecule is Cc1cc(N2CCN(C)CC2)nc2ccc(NC(=O)c3cccc(Cl)c3)cc12. The third kappa shape index (κ3) is 3.96. The molecule has 1 aliphatic heterocycles. The Morgan fingerprint density at radius 1 is 1.07 bits per heavy atom. The molecule has 144 valence electrons. The van der Waals surface area contributed by atoms with Gasteiger partial charge in [-0.25, -0.2) is 4.98 Å². The number of amides is 1. The fraction of sp³-hybridized carbons (Fsp3) is 0.273. The van der Waals surface area contributed by atoms with E-state index in [1.165, 1.54) is 0 Å². The third-order valence-electron chi connectivity index (χ3n) is 5.17. The van der Waals surface area contributed by atoms with Crippen LogP contribution in [0.3, 0.4) is 0 Å². The van der Waals surface area contributed by atoms with Gasteiger partial charge in [0.25, 0.3) is 5.91 Å². The number of pyridine rings is 1. The van der Waals surface area contributed by atoms with E-state index in [1.54, 1.807) is 24.3 Å². The number of piperazine rings is 1. The maximum absolute atomic E-state index is 12.5. The van der Waals surface area contributed by atoms with Gasteiger partial charge < -0.3 is 15.1 Å². The summed E-state index contributed by atoms with van der Waals surface area (Å²) in [5, 5.41) is 4.53. The molecular weight excluding hydrogens is 372 g/mol. The predicted octanol–water partition coefficient (Wildman–Crippen LogP) is 4.20. The van der Waals surface area contributed by atoms with Crippen LogP contribution in [-0.4, -0.2) is 49.0 Å². The lowest BCUT2D eigenvalue weighted by molar-refractivity contribution is 0.102. The minimum absolute atomic E-state index is 0.179. The van der Waals surface area contributed by atoms with Gasteiger partial charge in [0.05, 0.1) is 5.52 Å². The first-order valence-electron chi connectivity index (χ1n) is 9.41. The Morgan fingerprint density at radius 2 is 1.86 bits per heavy atom. The van der Waals surface area contributed by atoms with Crippen LogP contribution in [0.2, 0.25) is 5.02 Å². The highest BCUT2D eigenvalue weighted by molar-refractivity contribution is 6.31. The molecule has 0 radical (unpaired) electrons. The van der Waals surface area contributed by atoms with Crippen LogP contribution >= 0.6 is 11.6 Å². The summed E-state index contributed by atoms with van der Waals surface area (Å²) in [5.41, 5.74) is 3.37. The van der Waals surface area contributed by atoms with Crippen molar-refractivity contribution in [3.8, 4) is 0 Å². The van der Waals surface area contributed by atoms with Crippen LogP contribution in [0.4, 0.5) is 11.5 Å². The van der Waals surface area contributed by atoms with Gasteiger partial charge in [-0.15, -0.1) is 0 Å². The van der Waals surface area contributed by atoms with E-state index < -0.39 is 0 Å². The zero-order valence-corrected chi connectivity index (χ0v) is 16.8. The molecule has 0 aliphatic carbocycles. The lowest BCUT2D eigenvalue weighted by Crippen LogP contribution is -2.44. The zero-order valence-electron chi connectivity index (χ0n) is 16.1. The number of hydrogen-bond donors (Lipinski definition) is 1. The largest absolute Gasteiger partial charge is 0.354 e. The molecule has 1 saturated heterocycles. The van der Waals surface area contributed by atoms with Gasteiger partial charge in [-0.3, -0.25) is 4.79 Å². The molecule has 0 spiro atoms. The quantitative estimate of drug-likeness (QED) is 0.723. The molecule has 0 bridgehead atoms. The van der Waals surface area contributed by atoms with E-state index in [2.05, 4.69) is 35.2 Å². The van der Waals surface area contributed by atoms with Crippen LogP contribution in [0.5, 0.6) is 0 Å². The number of hydrogen-bond acceptors (Lipinski definition) is 4. The summed E-state index contributed by atoms with van der Waals surface area (Å²) in [6, 6.07) is 14.9. The Bertz CT molecular complexity index is 1030. The van der Waals surface area contributed by atoms with Gasteiger partial charge in [0.2, 0.25) is 0 Å². The fourth-order valence-electron chi connectivity index (χ4n) is 3.48. The molecule has 2 aromatic carbocycles. The van der Waals surface area contributed by atoms with Crippen molar-refractivity contribution in [2.45, 2.75) is 6.92 Å². The van der Waals surface area contributed by atoms with Crippen molar-refractivity contribution in [1.29, 1.82) is 0 Å². The van der Waals surface area contributed by atoms with E-state index in [1.807, 2.05) is 18.2 Å². The second-order valence-corrected chi connectivity index (χ2v) is 7.72. The van der Waals surface area contributed by atoms with Crippen LogP contribution in [-0.2, 0) is 0 Å². The van der Waals surface area contributed by atoms with Gasteiger partial charge in [0, 0.05) is 47.8 Å². The zero-order chi connectivity index (χ0) is 19.7. The number of anilines is 2. The molecule has 3 aromatic rings. The molecule has 5 nitrogen and oxygen atoms in total. The number of likely N-dealkylation sites (N-methyl/N-ethyl adjacent to an activating group) is 1. The maximum atomic E-state index is 12.5. The first-order valence-corrected chi connectivity index (χ1v) is 9.79. The molecule has 0 atom stereocenters. The van der Waals surface area contributed by atoms with E-state index in [0.717, 1.165) is 54.2 Å². The molecule has 28 heavy (non-hydrogen) atoms. The highest BCUT2D eigenvalue weighted by Crippen LogP contribution is 2.26. The van der Waals surface area contributed by atoms with Gasteiger partial charge in [0.15, 0.2) is 0 Å². The minimum atomic E-state index is -0.179. The van der Waals surface area contributed by atoms with Gasteiger partial charge in [-0.1, -0.05) is 17.7 Å². The lowest BCUT2D eigenvalue weighted by atomic mass is 10.1. The van der Waals surface area contributed by atoms with E-state index in [4.69, 9.17) is 16.6 Å². The number of benzene rings is 2. The molecule has 0 unspecified atom stereocenters. The third-order valence-corrected chi connectivity index (χ3v) is 5.41. The number of aryl methyl sites for hydroxylation is 1. The number of rotatable bonds is 3. The van der Waals surface area contributed by atoms with Crippen LogP contribution in [0.15, 0.2) is 48.5 Å². The molecule has 1 N–H and O–H groups in total. The summed E-state index contributed by atoms with van der Waals surface area (Å²) < 4.78 is 0. The smallest absolute Gasteiger partial charge is 0.255 e. The number of nitrogens with one attached hydrogen (secondary N) is 1. The number of nitrogens with zero attached hydrogens (tertiary/aromatic N) is 3. The van der Waals surface area contributed by atoms with Crippen LogP contribution < -0.4 is 10.2 Å². The normalized spacial score (nSPS) is 15.0. The highest BCUT2D eigenvalue weighted by atomic mass is 35.5. The van der Waals surface area contributed by atoms with Crippen molar-refractivity contribution < 1.29 is 4.79 Å². The van der Waals surface area contributed by atoms with Gasteiger partial charge >= 0.3 is 0 Å². The summed E-state index contributed by atoms with van der Waals surface area (Å²) in [4.78, 5) is 22.0. The summed E-state index contributed by atoms with van der Waals surface area (Å²) in [7, 11) is 2.15. The Kier molecular flexibility index (Phi) is 5.20. The van der Waals surface area contributed by atoms with Gasteiger partial charge in [0.1, 0.15) is 5.82 Å². The van der Waals surface area contributed by atoms with Gasteiger partial charge in [-0.05, 0) is 62.0 Å². The number of fused-ring (bicyclic) bond motifs is 1. The summed E-state index contributed by atoms with van der Waals surface area (Å²) in [5.74, 6) is 0.843. The average molecular weight is 395 g/mol. The second kappa shape index (κ2) is 7.78. The van der Waals surface area contributed by atoms with E-state index in [0.29, 0.717) is 10.6 Å². The van der Waals surface area contributed by atoms with Crippen molar-refractivity contribution in [3.05, 3.63) is 64.7 Å². The number of carbonyl (C=O) groups excluding carboxylic acids is 1. The van der Waals surface area contributed by atoms with Crippen molar-refractivity contribution in [1.82, 2.24) is 9.88 Å². The molecule has 1 fully saturated rings. The predicted molar refractivity (Wildman–Crippen MR) is 116 cm³/mol. The molecule has 1 amide bonds. The molecule has 1 aliphatic rings. The summed E-state index contributed by atoms with van der Waals surface area (Å²) >= 11 is 5.98. The first-order chi connectivity index (χ1) is 13.5. The average Bonchev–Trinajstić information content (AvgIpc) is 2.69. The Hall–Kier alpha value is -2.63.